The zero-order valence-corrected chi connectivity index (χ0v) is 7.26. The summed E-state index contributed by atoms with van der Waals surface area (Å²) < 4.78 is 4.96. The minimum atomic E-state index is -1.05. The molecule has 0 spiro atoms. The van der Waals surface area contributed by atoms with Crippen LogP contribution >= 0.6 is 12.6 Å². The van der Waals surface area contributed by atoms with Crippen LogP contribution in [0, 0.1) is 0 Å². The molecular formula is C6H11BO4S. The fraction of sp³-hybridized carbons (Fsp3) is 1.00. The summed E-state index contributed by atoms with van der Waals surface area (Å²) in [6.07, 6.45) is -2.81. The topological polar surface area (TPSA) is 69.9 Å². The summed E-state index contributed by atoms with van der Waals surface area (Å²) in [6, 6.07) is 0. The van der Waals surface area contributed by atoms with Crippen LogP contribution in [-0.4, -0.2) is 53.5 Å². The van der Waals surface area contributed by atoms with Crippen LogP contribution in [0.5, 0.6) is 0 Å². The van der Waals surface area contributed by atoms with Gasteiger partial charge in [0.25, 0.3) is 0 Å². The third-order valence-electron chi connectivity index (χ3n) is 1.96. The number of hydrogen-bond acceptors (Lipinski definition) is 5. The van der Waals surface area contributed by atoms with Crippen molar-refractivity contribution in [2.45, 2.75) is 29.6 Å². The fourth-order valence-corrected chi connectivity index (χ4v) is 1.49. The van der Waals surface area contributed by atoms with Crippen LogP contribution in [0.3, 0.4) is 0 Å². The van der Waals surface area contributed by atoms with Gasteiger partial charge in [0.15, 0.2) is 0 Å². The van der Waals surface area contributed by atoms with Crippen molar-refractivity contribution < 1.29 is 20.1 Å². The Morgan fingerprint density at radius 1 is 1.33 bits per heavy atom. The number of rotatable bonds is 1. The molecule has 0 aliphatic carbocycles. The Morgan fingerprint density at radius 3 is 2.42 bits per heavy atom. The molecule has 0 aromatic carbocycles. The number of aliphatic hydroxyl groups excluding tert-OH is 3. The minimum Gasteiger partial charge on any atom is -0.394 e. The second-order valence-electron chi connectivity index (χ2n) is 2.81. The van der Waals surface area contributed by atoms with Crippen molar-refractivity contribution in [3.05, 3.63) is 0 Å². The largest absolute Gasteiger partial charge is 0.394 e. The van der Waals surface area contributed by atoms with E-state index < -0.39 is 29.6 Å². The Hall–Kier alpha value is 0.255. The van der Waals surface area contributed by atoms with E-state index in [-0.39, 0.29) is 6.61 Å². The smallest absolute Gasteiger partial charge is 0.126 e. The van der Waals surface area contributed by atoms with Gasteiger partial charge in [-0.1, -0.05) is 0 Å². The number of aliphatic hydroxyl groups is 3. The Balaban J connectivity index is 2.63. The third-order valence-corrected chi connectivity index (χ3v) is 2.38. The Kier molecular flexibility index (Phi) is 3.42. The predicted molar refractivity (Wildman–Crippen MR) is 46.3 cm³/mol. The summed E-state index contributed by atoms with van der Waals surface area (Å²) in [5.74, 6) is -0.821. The number of ether oxygens (including phenoxy) is 1. The molecule has 68 valence electrons. The van der Waals surface area contributed by atoms with Gasteiger partial charge in [0.05, 0.1) is 26.7 Å². The fourth-order valence-electron chi connectivity index (χ4n) is 1.13. The van der Waals surface area contributed by atoms with Gasteiger partial charge in [-0.2, -0.15) is 0 Å². The van der Waals surface area contributed by atoms with Gasteiger partial charge in [-0.25, -0.2) is 0 Å². The van der Waals surface area contributed by atoms with Gasteiger partial charge >= 0.3 is 0 Å². The summed E-state index contributed by atoms with van der Waals surface area (Å²) in [5.41, 5.74) is -0.749. The lowest BCUT2D eigenvalue weighted by atomic mass is 9.75. The van der Waals surface area contributed by atoms with Crippen LogP contribution in [0.15, 0.2) is 0 Å². The maximum atomic E-state index is 9.32. The van der Waals surface area contributed by atoms with E-state index in [0.29, 0.717) is 0 Å². The lowest BCUT2D eigenvalue weighted by Gasteiger charge is -2.39. The van der Waals surface area contributed by atoms with Crippen LogP contribution in [0.2, 0.25) is 5.82 Å². The maximum Gasteiger partial charge on any atom is 0.126 e. The molecule has 12 heavy (non-hydrogen) atoms. The minimum absolute atomic E-state index is 0.335. The van der Waals surface area contributed by atoms with Gasteiger partial charge < -0.3 is 20.1 Å². The van der Waals surface area contributed by atoms with Gasteiger partial charge in [-0.3, -0.25) is 0 Å². The molecule has 3 N–H and O–H groups in total. The van der Waals surface area contributed by atoms with Crippen molar-refractivity contribution in [3.63, 3.8) is 0 Å². The van der Waals surface area contributed by atoms with E-state index >= 15 is 0 Å². The Labute approximate surface area is 77.4 Å². The van der Waals surface area contributed by atoms with Gasteiger partial charge in [-0.15, -0.1) is 12.6 Å². The van der Waals surface area contributed by atoms with Gasteiger partial charge in [-0.05, 0) is 5.82 Å². The van der Waals surface area contributed by atoms with E-state index in [9.17, 15) is 10.2 Å². The first kappa shape index (κ1) is 10.3. The van der Waals surface area contributed by atoms with Crippen LogP contribution in [-0.2, 0) is 4.74 Å². The summed E-state index contributed by atoms with van der Waals surface area (Å²) >= 11 is 3.89. The molecule has 0 aromatic rings. The molecule has 1 saturated heterocycles. The summed E-state index contributed by atoms with van der Waals surface area (Å²) in [7, 11) is 5.44. The monoisotopic (exact) mass is 190 g/mol. The maximum absolute atomic E-state index is 9.32. The summed E-state index contributed by atoms with van der Waals surface area (Å²) in [6.45, 7) is -0.335. The predicted octanol–water partition coefficient (Wildman–Crippen LogP) is -1.69. The molecule has 0 amide bonds. The van der Waals surface area contributed by atoms with Crippen molar-refractivity contribution in [3.8, 4) is 0 Å². The molecule has 5 unspecified atom stereocenters. The van der Waals surface area contributed by atoms with Gasteiger partial charge in [0, 0.05) is 0 Å². The zero-order chi connectivity index (χ0) is 9.30. The van der Waals surface area contributed by atoms with Crippen molar-refractivity contribution >= 4 is 20.5 Å². The highest BCUT2D eigenvalue weighted by molar-refractivity contribution is 7.80. The lowest BCUT2D eigenvalue weighted by molar-refractivity contribution is -0.148. The molecule has 1 aliphatic heterocycles. The average Bonchev–Trinajstić information content (AvgIpc) is 2.08. The van der Waals surface area contributed by atoms with Gasteiger partial charge in [0.2, 0.25) is 0 Å². The van der Waals surface area contributed by atoms with E-state index in [4.69, 9.17) is 17.7 Å². The third kappa shape index (κ3) is 1.77. The number of thiol groups is 1. The van der Waals surface area contributed by atoms with Crippen molar-refractivity contribution in [1.82, 2.24) is 0 Å². The van der Waals surface area contributed by atoms with Crippen LogP contribution in [0.4, 0.5) is 0 Å². The molecule has 0 aromatic heterocycles. The van der Waals surface area contributed by atoms with Crippen LogP contribution in [0.25, 0.3) is 0 Å². The first-order valence-corrected chi connectivity index (χ1v) is 4.15. The van der Waals surface area contributed by atoms with Gasteiger partial charge in [0.1, 0.15) is 11.5 Å². The highest BCUT2D eigenvalue weighted by Crippen LogP contribution is 2.29. The molecule has 1 heterocycles. The van der Waals surface area contributed by atoms with E-state index in [1.165, 1.54) is 0 Å². The normalized spacial score (nSPS) is 49.2. The second kappa shape index (κ2) is 3.98. The van der Waals surface area contributed by atoms with E-state index in [0.717, 1.165) is 0 Å². The Bertz CT molecular complexity index is 154. The zero-order valence-electron chi connectivity index (χ0n) is 6.37. The number of hydrogen-bond donors (Lipinski definition) is 4. The van der Waals surface area contributed by atoms with Crippen molar-refractivity contribution in [1.29, 1.82) is 0 Å². The standard InChI is InChI=1S/C6H11BO4S/c7-3-4(9)2(1-8)11-6(12)5(3)10/h2-6,8-10,12H,1H2. The molecule has 1 rings (SSSR count). The molecule has 1 fully saturated rings. The molecule has 4 nitrogen and oxygen atoms in total. The summed E-state index contributed by atoms with van der Waals surface area (Å²) in [5, 5.41) is 27.3. The molecule has 5 atom stereocenters. The van der Waals surface area contributed by atoms with E-state index in [1.54, 1.807) is 0 Å². The van der Waals surface area contributed by atoms with Crippen LogP contribution in [0.1, 0.15) is 0 Å². The first-order chi connectivity index (χ1) is 5.57. The molecule has 2 radical (unpaired) electrons. The van der Waals surface area contributed by atoms with Crippen molar-refractivity contribution in [2.75, 3.05) is 6.61 Å². The first-order valence-electron chi connectivity index (χ1n) is 3.64. The summed E-state index contributed by atoms with van der Waals surface area (Å²) in [4.78, 5) is 0. The van der Waals surface area contributed by atoms with Crippen molar-refractivity contribution in [2.24, 2.45) is 0 Å². The Morgan fingerprint density at radius 2 is 1.92 bits per heavy atom. The molecule has 0 saturated carbocycles. The lowest BCUT2D eigenvalue weighted by Crippen LogP contribution is -2.50. The molecule has 0 bridgehead atoms. The van der Waals surface area contributed by atoms with Crippen LogP contribution < -0.4 is 0 Å². The van der Waals surface area contributed by atoms with E-state index in [2.05, 4.69) is 12.6 Å². The molecular weight excluding hydrogens is 179 g/mol. The second-order valence-corrected chi connectivity index (χ2v) is 3.32. The average molecular weight is 190 g/mol. The highest BCUT2D eigenvalue weighted by Gasteiger charge is 2.39. The molecule has 6 heteroatoms. The quantitative estimate of drug-likeness (QED) is 0.294. The highest BCUT2D eigenvalue weighted by atomic mass is 32.1. The molecule has 1 aliphatic rings. The van der Waals surface area contributed by atoms with E-state index in [1.807, 2.05) is 0 Å². The SMILES string of the molecule is [B]C1C(O)C(S)OC(CO)C1O.